The van der Waals surface area contributed by atoms with Gasteiger partial charge < -0.3 is 15.4 Å². The van der Waals surface area contributed by atoms with Crippen molar-refractivity contribution in [1.29, 1.82) is 0 Å². The van der Waals surface area contributed by atoms with E-state index in [1.54, 1.807) is 19.2 Å². The molecule has 0 radical (unpaired) electrons. The summed E-state index contributed by atoms with van der Waals surface area (Å²) in [5.74, 6) is 0.764. The molecule has 0 saturated carbocycles. The van der Waals surface area contributed by atoms with Crippen LogP contribution in [0.15, 0.2) is 42.5 Å². The zero-order valence-electron chi connectivity index (χ0n) is 11.9. The Kier molecular flexibility index (Phi) is 5.06. The van der Waals surface area contributed by atoms with E-state index < -0.39 is 0 Å². The number of methoxy groups -OCH3 is 1. The van der Waals surface area contributed by atoms with E-state index in [1.165, 1.54) is 0 Å². The third kappa shape index (κ3) is 4.13. The molecule has 0 atom stereocenters. The average molecular weight is 305 g/mol. The summed E-state index contributed by atoms with van der Waals surface area (Å²) in [6.07, 6.45) is 0. The molecule has 0 unspecified atom stereocenters. The number of carbonyl (C=O) groups is 1. The van der Waals surface area contributed by atoms with Gasteiger partial charge in [-0.2, -0.15) is 0 Å². The van der Waals surface area contributed by atoms with Gasteiger partial charge in [0.2, 0.25) is 0 Å². The smallest absolute Gasteiger partial charge is 0.319 e. The number of halogens is 1. The van der Waals surface area contributed by atoms with Crippen molar-refractivity contribution < 1.29 is 9.53 Å². The van der Waals surface area contributed by atoms with E-state index in [1.807, 2.05) is 37.3 Å². The number of hydrogen-bond donors (Lipinski definition) is 2. The minimum absolute atomic E-state index is 0.275. The number of urea groups is 1. The first-order chi connectivity index (χ1) is 10.1. The normalized spacial score (nSPS) is 10.0. The molecule has 0 saturated heterocycles. The fraction of sp³-hybridized carbons (Fsp3) is 0.188. The number of benzene rings is 2. The summed E-state index contributed by atoms with van der Waals surface area (Å²) < 4.78 is 5.14. The van der Waals surface area contributed by atoms with Gasteiger partial charge in [0.25, 0.3) is 0 Å². The van der Waals surface area contributed by atoms with E-state index in [-0.39, 0.29) is 6.03 Å². The molecule has 21 heavy (non-hydrogen) atoms. The molecule has 2 rings (SSSR count). The van der Waals surface area contributed by atoms with Gasteiger partial charge in [0.15, 0.2) is 0 Å². The Bertz CT molecular complexity index is 644. The second kappa shape index (κ2) is 6.99. The Morgan fingerprint density at radius 3 is 2.76 bits per heavy atom. The zero-order chi connectivity index (χ0) is 15.2. The number of carbonyl (C=O) groups excluding carboxylic acids is 1. The lowest BCUT2D eigenvalue weighted by molar-refractivity contribution is 0.251. The molecule has 0 aliphatic heterocycles. The van der Waals surface area contributed by atoms with Crippen LogP contribution in [0.2, 0.25) is 5.02 Å². The summed E-state index contributed by atoms with van der Waals surface area (Å²) in [6, 6.07) is 12.7. The van der Waals surface area contributed by atoms with Crippen molar-refractivity contribution in [2.45, 2.75) is 13.5 Å². The van der Waals surface area contributed by atoms with Crippen LogP contribution in [-0.4, -0.2) is 13.1 Å². The van der Waals surface area contributed by atoms with Gasteiger partial charge in [0.1, 0.15) is 5.75 Å². The molecule has 2 amide bonds. The third-order valence-corrected chi connectivity index (χ3v) is 3.51. The topological polar surface area (TPSA) is 50.4 Å². The standard InChI is InChI=1S/C16H17ClN2O2/c1-11-14(17)7-4-8-15(11)19-16(20)18-10-12-5-3-6-13(9-12)21-2/h3-9H,10H2,1-2H3,(H2,18,19,20). The predicted octanol–water partition coefficient (Wildman–Crippen LogP) is 3.98. The molecule has 5 heteroatoms. The molecule has 0 bridgehead atoms. The molecule has 2 N–H and O–H groups in total. The van der Waals surface area contributed by atoms with Crippen LogP contribution in [0.1, 0.15) is 11.1 Å². The average Bonchev–Trinajstić information content (AvgIpc) is 2.50. The molecule has 0 heterocycles. The summed E-state index contributed by atoms with van der Waals surface area (Å²) in [4.78, 5) is 11.9. The van der Waals surface area contributed by atoms with Crippen LogP contribution in [0.25, 0.3) is 0 Å². The Morgan fingerprint density at radius 1 is 1.24 bits per heavy atom. The van der Waals surface area contributed by atoms with E-state index in [4.69, 9.17) is 16.3 Å². The molecule has 0 aromatic heterocycles. The van der Waals surface area contributed by atoms with Gasteiger partial charge in [-0.05, 0) is 42.3 Å². The van der Waals surface area contributed by atoms with Crippen molar-refractivity contribution in [3.63, 3.8) is 0 Å². The minimum Gasteiger partial charge on any atom is -0.497 e. The third-order valence-electron chi connectivity index (χ3n) is 3.10. The van der Waals surface area contributed by atoms with Crippen LogP contribution >= 0.6 is 11.6 Å². The second-order valence-electron chi connectivity index (χ2n) is 4.57. The number of ether oxygens (including phenoxy) is 1. The SMILES string of the molecule is COc1cccc(CNC(=O)Nc2cccc(Cl)c2C)c1. The first-order valence-corrected chi connectivity index (χ1v) is 6.91. The molecule has 2 aromatic carbocycles. The Morgan fingerprint density at radius 2 is 2.00 bits per heavy atom. The number of amides is 2. The Hall–Kier alpha value is -2.20. The maximum atomic E-state index is 11.9. The fourth-order valence-corrected chi connectivity index (χ4v) is 2.05. The maximum absolute atomic E-state index is 11.9. The van der Waals surface area contributed by atoms with Crippen LogP contribution in [0, 0.1) is 6.92 Å². The lowest BCUT2D eigenvalue weighted by Crippen LogP contribution is -2.28. The fourth-order valence-electron chi connectivity index (χ4n) is 1.87. The van der Waals surface area contributed by atoms with E-state index in [2.05, 4.69) is 10.6 Å². The van der Waals surface area contributed by atoms with Crippen molar-refractivity contribution in [3.8, 4) is 5.75 Å². The van der Waals surface area contributed by atoms with Crippen LogP contribution in [0.3, 0.4) is 0 Å². The quantitative estimate of drug-likeness (QED) is 0.897. The first kappa shape index (κ1) is 15.2. The highest BCUT2D eigenvalue weighted by Crippen LogP contribution is 2.22. The highest BCUT2D eigenvalue weighted by molar-refractivity contribution is 6.31. The number of rotatable bonds is 4. The summed E-state index contributed by atoms with van der Waals surface area (Å²) in [7, 11) is 1.61. The van der Waals surface area contributed by atoms with Crippen molar-refractivity contribution in [2.75, 3.05) is 12.4 Å². The molecule has 0 fully saturated rings. The van der Waals surface area contributed by atoms with E-state index >= 15 is 0 Å². The Labute approximate surface area is 129 Å². The first-order valence-electron chi connectivity index (χ1n) is 6.53. The summed E-state index contributed by atoms with van der Waals surface area (Å²) >= 11 is 6.02. The van der Waals surface area contributed by atoms with Crippen molar-refractivity contribution in [2.24, 2.45) is 0 Å². The largest absolute Gasteiger partial charge is 0.497 e. The lowest BCUT2D eigenvalue weighted by atomic mass is 10.2. The van der Waals surface area contributed by atoms with Crippen molar-refractivity contribution >= 4 is 23.3 Å². The van der Waals surface area contributed by atoms with Gasteiger partial charge in [-0.25, -0.2) is 4.79 Å². The molecule has 2 aromatic rings. The molecule has 0 aliphatic carbocycles. The summed E-state index contributed by atoms with van der Waals surface area (Å²) in [5, 5.41) is 6.21. The molecule has 0 aliphatic rings. The van der Waals surface area contributed by atoms with Gasteiger partial charge in [-0.1, -0.05) is 29.8 Å². The highest BCUT2D eigenvalue weighted by atomic mass is 35.5. The van der Waals surface area contributed by atoms with Crippen molar-refractivity contribution in [1.82, 2.24) is 5.32 Å². The summed E-state index contributed by atoms with van der Waals surface area (Å²) in [6.45, 7) is 2.28. The van der Waals surface area contributed by atoms with E-state index in [9.17, 15) is 4.79 Å². The monoisotopic (exact) mass is 304 g/mol. The molecule has 4 nitrogen and oxygen atoms in total. The minimum atomic E-state index is -0.275. The summed E-state index contributed by atoms with van der Waals surface area (Å²) in [5.41, 5.74) is 2.51. The lowest BCUT2D eigenvalue weighted by Gasteiger charge is -2.11. The number of hydrogen-bond acceptors (Lipinski definition) is 2. The molecular weight excluding hydrogens is 288 g/mol. The van der Waals surface area contributed by atoms with Crippen LogP contribution < -0.4 is 15.4 Å². The van der Waals surface area contributed by atoms with Gasteiger partial charge in [-0.3, -0.25) is 0 Å². The maximum Gasteiger partial charge on any atom is 0.319 e. The van der Waals surface area contributed by atoms with Gasteiger partial charge in [0, 0.05) is 17.3 Å². The predicted molar refractivity (Wildman–Crippen MR) is 85.0 cm³/mol. The Balaban J connectivity index is 1.94. The van der Waals surface area contributed by atoms with Crippen LogP contribution in [0.4, 0.5) is 10.5 Å². The zero-order valence-corrected chi connectivity index (χ0v) is 12.7. The molecule has 0 spiro atoms. The van der Waals surface area contributed by atoms with Crippen molar-refractivity contribution in [3.05, 3.63) is 58.6 Å². The number of nitrogens with one attached hydrogen (secondary N) is 2. The molecular formula is C16H17ClN2O2. The van der Waals surface area contributed by atoms with Gasteiger partial charge in [-0.15, -0.1) is 0 Å². The van der Waals surface area contributed by atoms with Crippen LogP contribution in [0.5, 0.6) is 5.75 Å². The highest BCUT2D eigenvalue weighted by Gasteiger charge is 2.06. The van der Waals surface area contributed by atoms with Crippen LogP contribution in [-0.2, 0) is 6.54 Å². The number of anilines is 1. The van der Waals surface area contributed by atoms with E-state index in [0.29, 0.717) is 17.3 Å². The molecule has 110 valence electrons. The van der Waals surface area contributed by atoms with Gasteiger partial charge in [0.05, 0.1) is 7.11 Å². The van der Waals surface area contributed by atoms with E-state index in [0.717, 1.165) is 16.9 Å². The second-order valence-corrected chi connectivity index (χ2v) is 4.98. The van der Waals surface area contributed by atoms with Gasteiger partial charge >= 0.3 is 6.03 Å².